The summed E-state index contributed by atoms with van der Waals surface area (Å²) in [7, 11) is -1.99. The SMILES string of the molecule is CC(C)[Si](C1=CC=CN(C(=O)Oc2ccccc2)C1c1ccccc1)(C(C)C)C(C)C. The number of para-hydroxylation sites is 1. The first-order chi connectivity index (χ1) is 14.8. The summed E-state index contributed by atoms with van der Waals surface area (Å²) in [6.07, 6.45) is 5.83. The van der Waals surface area contributed by atoms with Gasteiger partial charge in [-0.1, -0.05) is 101 Å². The molecule has 2 aromatic carbocycles. The van der Waals surface area contributed by atoms with Gasteiger partial charge >= 0.3 is 6.09 Å². The molecule has 0 aromatic heterocycles. The Balaban J connectivity index is 2.11. The molecule has 1 unspecified atom stereocenters. The maximum Gasteiger partial charge on any atom is 0.420 e. The second kappa shape index (κ2) is 9.69. The maximum absolute atomic E-state index is 13.4. The van der Waals surface area contributed by atoms with Gasteiger partial charge in [0.05, 0.1) is 14.1 Å². The number of nitrogens with zero attached hydrogens (tertiary/aromatic N) is 1. The summed E-state index contributed by atoms with van der Waals surface area (Å²) < 4.78 is 5.77. The van der Waals surface area contributed by atoms with E-state index in [2.05, 4.69) is 71.9 Å². The summed E-state index contributed by atoms with van der Waals surface area (Å²) in [5, 5.41) is 1.41. The van der Waals surface area contributed by atoms with Gasteiger partial charge in [0.25, 0.3) is 0 Å². The van der Waals surface area contributed by atoms with Gasteiger partial charge in [0.15, 0.2) is 0 Å². The summed E-state index contributed by atoms with van der Waals surface area (Å²) in [5.41, 5.74) is 2.76. The third kappa shape index (κ3) is 4.40. The fraction of sp³-hybridized carbons (Fsp3) is 0.370. The lowest BCUT2D eigenvalue weighted by molar-refractivity contribution is 0.160. The number of allylic oxidation sites excluding steroid dienone is 2. The van der Waals surface area contributed by atoms with Crippen LogP contribution < -0.4 is 4.74 Å². The van der Waals surface area contributed by atoms with Gasteiger partial charge in [0, 0.05) is 6.20 Å². The average molecular weight is 434 g/mol. The molecule has 0 saturated carbocycles. The van der Waals surface area contributed by atoms with Crippen molar-refractivity contribution >= 4 is 14.2 Å². The van der Waals surface area contributed by atoms with Gasteiger partial charge in [-0.3, -0.25) is 4.90 Å². The Kier molecular flexibility index (Phi) is 7.21. The first kappa shape index (κ1) is 23.1. The van der Waals surface area contributed by atoms with E-state index in [0.717, 1.165) is 5.56 Å². The van der Waals surface area contributed by atoms with E-state index in [1.165, 1.54) is 5.20 Å². The highest BCUT2D eigenvalue weighted by Gasteiger charge is 2.50. The molecule has 0 N–H and O–H groups in total. The van der Waals surface area contributed by atoms with Crippen LogP contribution >= 0.6 is 0 Å². The molecule has 1 atom stereocenters. The van der Waals surface area contributed by atoms with Gasteiger partial charge in [0.1, 0.15) is 5.75 Å². The van der Waals surface area contributed by atoms with Gasteiger partial charge in [-0.15, -0.1) is 0 Å². The van der Waals surface area contributed by atoms with Crippen LogP contribution in [-0.4, -0.2) is 19.1 Å². The van der Waals surface area contributed by atoms with Crippen LogP contribution in [0.4, 0.5) is 4.79 Å². The monoisotopic (exact) mass is 433 g/mol. The molecule has 3 nitrogen and oxygen atoms in total. The van der Waals surface area contributed by atoms with Crippen LogP contribution in [0, 0.1) is 0 Å². The molecule has 2 aromatic rings. The summed E-state index contributed by atoms with van der Waals surface area (Å²) in [6, 6.07) is 19.5. The molecule has 0 aliphatic carbocycles. The number of carbonyl (C=O) groups is 1. The Morgan fingerprint density at radius 1 is 0.839 bits per heavy atom. The minimum Gasteiger partial charge on any atom is -0.410 e. The van der Waals surface area contributed by atoms with Crippen molar-refractivity contribution in [2.24, 2.45) is 0 Å². The number of benzene rings is 2. The van der Waals surface area contributed by atoms with E-state index in [9.17, 15) is 4.79 Å². The zero-order valence-electron chi connectivity index (χ0n) is 19.6. The lowest BCUT2D eigenvalue weighted by Crippen LogP contribution is -2.52. The molecule has 0 bridgehead atoms. The molecule has 0 fully saturated rings. The van der Waals surface area contributed by atoms with E-state index >= 15 is 0 Å². The first-order valence-corrected chi connectivity index (χ1v) is 13.5. The van der Waals surface area contributed by atoms with E-state index in [1.807, 2.05) is 48.7 Å². The number of carbonyl (C=O) groups excluding carboxylic acids is 1. The van der Waals surface area contributed by atoms with E-state index in [4.69, 9.17) is 4.74 Å². The highest BCUT2D eigenvalue weighted by molar-refractivity contribution is 6.90. The molecule has 1 aliphatic rings. The Labute approximate surface area is 188 Å². The topological polar surface area (TPSA) is 29.5 Å². The second-order valence-corrected chi connectivity index (χ2v) is 15.2. The molecular formula is C27H35NO2Si. The van der Waals surface area contributed by atoms with Crippen molar-refractivity contribution in [3.63, 3.8) is 0 Å². The second-order valence-electron chi connectivity index (χ2n) is 9.26. The number of ether oxygens (including phenoxy) is 1. The minimum absolute atomic E-state index is 0.152. The molecule has 31 heavy (non-hydrogen) atoms. The predicted molar refractivity (Wildman–Crippen MR) is 132 cm³/mol. The summed E-state index contributed by atoms with van der Waals surface area (Å²) in [6.45, 7) is 14.2. The number of rotatable bonds is 6. The Hall–Kier alpha value is -2.59. The zero-order valence-corrected chi connectivity index (χ0v) is 20.6. The summed E-state index contributed by atoms with van der Waals surface area (Å²) >= 11 is 0. The molecule has 0 saturated heterocycles. The van der Waals surface area contributed by atoms with Crippen molar-refractivity contribution in [1.29, 1.82) is 0 Å². The highest BCUT2D eigenvalue weighted by atomic mass is 28.3. The molecule has 1 aliphatic heterocycles. The van der Waals surface area contributed by atoms with E-state index in [-0.39, 0.29) is 12.1 Å². The largest absolute Gasteiger partial charge is 0.420 e. The molecule has 0 spiro atoms. The zero-order chi connectivity index (χ0) is 22.6. The van der Waals surface area contributed by atoms with Crippen LogP contribution in [0.3, 0.4) is 0 Å². The Morgan fingerprint density at radius 2 is 1.35 bits per heavy atom. The summed E-state index contributed by atoms with van der Waals surface area (Å²) in [4.78, 5) is 15.2. The normalized spacial score (nSPS) is 16.7. The lowest BCUT2D eigenvalue weighted by atomic mass is 10.0. The van der Waals surface area contributed by atoms with Crippen LogP contribution in [-0.2, 0) is 0 Å². The van der Waals surface area contributed by atoms with E-state index in [0.29, 0.717) is 22.4 Å². The molecule has 3 rings (SSSR count). The van der Waals surface area contributed by atoms with Crippen LogP contribution in [0.1, 0.15) is 53.1 Å². The van der Waals surface area contributed by atoms with Crippen LogP contribution in [0.5, 0.6) is 5.75 Å². The fourth-order valence-corrected chi connectivity index (χ4v) is 12.9. The first-order valence-electron chi connectivity index (χ1n) is 11.3. The van der Waals surface area contributed by atoms with Gasteiger partial charge in [0.2, 0.25) is 0 Å². The maximum atomic E-state index is 13.4. The third-order valence-electron chi connectivity index (χ3n) is 6.74. The van der Waals surface area contributed by atoms with Gasteiger partial charge in [-0.2, -0.15) is 0 Å². The van der Waals surface area contributed by atoms with Crippen LogP contribution in [0.2, 0.25) is 16.6 Å². The van der Waals surface area contributed by atoms with Crippen molar-refractivity contribution in [2.45, 2.75) is 64.2 Å². The lowest BCUT2D eigenvalue weighted by Gasteiger charge is -2.49. The van der Waals surface area contributed by atoms with Crippen molar-refractivity contribution in [2.75, 3.05) is 0 Å². The van der Waals surface area contributed by atoms with Gasteiger partial charge in [-0.05, 0) is 40.4 Å². The van der Waals surface area contributed by atoms with E-state index < -0.39 is 8.07 Å². The standard InChI is InChI=1S/C27H35NO2Si/c1-20(2)31(21(3)4,22(5)6)25-18-13-19-28(26(25)23-14-9-7-10-15-23)27(29)30-24-16-11-8-12-17-24/h7-22,26H,1-6H3. The smallest absolute Gasteiger partial charge is 0.410 e. The average Bonchev–Trinajstić information content (AvgIpc) is 2.74. The molecule has 0 radical (unpaired) electrons. The Morgan fingerprint density at radius 3 is 1.87 bits per heavy atom. The highest BCUT2D eigenvalue weighted by Crippen LogP contribution is 2.52. The molecular weight excluding hydrogens is 398 g/mol. The quantitative estimate of drug-likeness (QED) is 0.433. The van der Waals surface area contributed by atoms with Crippen molar-refractivity contribution in [3.05, 3.63) is 89.8 Å². The minimum atomic E-state index is -1.99. The van der Waals surface area contributed by atoms with Gasteiger partial charge in [-0.25, -0.2) is 4.79 Å². The van der Waals surface area contributed by atoms with Gasteiger partial charge < -0.3 is 4.74 Å². The number of amides is 1. The molecule has 4 heteroatoms. The summed E-state index contributed by atoms with van der Waals surface area (Å²) in [5.74, 6) is 0.559. The van der Waals surface area contributed by atoms with Crippen molar-refractivity contribution < 1.29 is 9.53 Å². The molecule has 1 heterocycles. The third-order valence-corrected chi connectivity index (χ3v) is 13.9. The van der Waals surface area contributed by atoms with Crippen LogP contribution in [0.15, 0.2) is 84.2 Å². The van der Waals surface area contributed by atoms with Crippen LogP contribution in [0.25, 0.3) is 0 Å². The van der Waals surface area contributed by atoms with Crippen molar-refractivity contribution in [1.82, 2.24) is 4.90 Å². The molecule has 164 valence electrons. The van der Waals surface area contributed by atoms with E-state index in [1.54, 1.807) is 4.90 Å². The number of hydrogen-bond donors (Lipinski definition) is 0. The fourth-order valence-electron chi connectivity index (χ4n) is 5.73. The molecule has 1 amide bonds. The number of hydrogen-bond acceptors (Lipinski definition) is 2. The van der Waals surface area contributed by atoms with Crippen molar-refractivity contribution in [3.8, 4) is 5.75 Å². The Bertz CT molecular complexity index is 910. The predicted octanol–water partition coefficient (Wildman–Crippen LogP) is 7.90.